The van der Waals surface area contributed by atoms with Crippen molar-refractivity contribution in [1.29, 1.82) is 0 Å². The third-order valence-electron chi connectivity index (χ3n) is 2.74. The standard InChI is InChI=1S/C12H12N6/c1-7-2-3-8(6-15-7)10-5-4-9(13)11-16-12(14)17-18(10)11/h2-6H,13H2,1H3,(H2,14,17). The summed E-state index contributed by atoms with van der Waals surface area (Å²) in [5.41, 5.74) is 15.3. The molecule has 3 heterocycles. The van der Waals surface area contributed by atoms with Crippen molar-refractivity contribution in [3.05, 3.63) is 36.2 Å². The number of anilines is 2. The largest absolute Gasteiger partial charge is 0.396 e. The van der Waals surface area contributed by atoms with Gasteiger partial charge in [0, 0.05) is 17.5 Å². The van der Waals surface area contributed by atoms with Crippen LogP contribution in [0.25, 0.3) is 16.9 Å². The molecule has 3 aromatic rings. The van der Waals surface area contributed by atoms with Crippen LogP contribution in [0.2, 0.25) is 0 Å². The fourth-order valence-electron chi connectivity index (χ4n) is 1.83. The monoisotopic (exact) mass is 240 g/mol. The number of fused-ring (bicyclic) bond motifs is 1. The summed E-state index contributed by atoms with van der Waals surface area (Å²) < 4.78 is 1.64. The summed E-state index contributed by atoms with van der Waals surface area (Å²) in [6.45, 7) is 1.94. The number of aromatic nitrogens is 4. The highest BCUT2D eigenvalue weighted by Crippen LogP contribution is 2.23. The number of nitrogen functional groups attached to an aromatic ring is 2. The van der Waals surface area contributed by atoms with E-state index in [1.807, 2.05) is 25.1 Å². The Balaban J connectivity index is 2.29. The van der Waals surface area contributed by atoms with E-state index in [4.69, 9.17) is 11.5 Å². The van der Waals surface area contributed by atoms with E-state index in [0.29, 0.717) is 11.3 Å². The van der Waals surface area contributed by atoms with E-state index in [0.717, 1.165) is 17.0 Å². The van der Waals surface area contributed by atoms with Gasteiger partial charge < -0.3 is 11.5 Å². The first-order valence-electron chi connectivity index (χ1n) is 5.49. The highest BCUT2D eigenvalue weighted by molar-refractivity contribution is 5.72. The molecule has 0 spiro atoms. The highest BCUT2D eigenvalue weighted by atomic mass is 15.3. The fraction of sp³-hybridized carbons (Fsp3) is 0.0833. The molecule has 0 radical (unpaired) electrons. The Hall–Kier alpha value is -2.63. The number of aryl methyl sites for hydroxylation is 1. The number of rotatable bonds is 1. The lowest BCUT2D eigenvalue weighted by Gasteiger charge is -2.05. The highest BCUT2D eigenvalue weighted by Gasteiger charge is 2.10. The van der Waals surface area contributed by atoms with Gasteiger partial charge in [0.15, 0.2) is 5.65 Å². The Bertz CT molecular complexity index is 713. The van der Waals surface area contributed by atoms with E-state index in [9.17, 15) is 0 Å². The Morgan fingerprint density at radius 2 is 1.94 bits per heavy atom. The molecule has 0 bridgehead atoms. The second-order valence-electron chi connectivity index (χ2n) is 4.07. The number of nitrogens with zero attached hydrogens (tertiary/aromatic N) is 4. The number of nitrogens with two attached hydrogens (primary N) is 2. The molecular formula is C12H12N6. The molecule has 0 amide bonds. The van der Waals surface area contributed by atoms with Crippen LogP contribution >= 0.6 is 0 Å². The van der Waals surface area contributed by atoms with Crippen molar-refractivity contribution in [1.82, 2.24) is 19.6 Å². The first-order chi connectivity index (χ1) is 8.65. The lowest BCUT2D eigenvalue weighted by atomic mass is 10.2. The predicted molar refractivity (Wildman–Crippen MR) is 69.8 cm³/mol. The molecule has 90 valence electrons. The van der Waals surface area contributed by atoms with Gasteiger partial charge in [0.25, 0.3) is 0 Å². The first-order valence-corrected chi connectivity index (χ1v) is 5.49. The maximum Gasteiger partial charge on any atom is 0.240 e. The van der Waals surface area contributed by atoms with Gasteiger partial charge in [0.1, 0.15) is 0 Å². The second-order valence-corrected chi connectivity index (χ2v) is 4.07. The zero-order valence-electron chi connectivity index (χ0n) is 9.83. The summed E-state index contributed by atoms with van der Waals surface area (Å²) in [4.78, 5) is 8.37. The topological polar surface area (TPSA) is 95.1 Å². The fourth-order valence-corrected chi connectivity index (χ4v) is 1.83. The van der Waals surface area contributed by atoms with Crippen LogP contribution in [0.3, 0.4) is 0 Å². The first kappa shape index (κ1) is 10.5. The van der Waals surface area contributed by atoms with Crippen LogP contribution in [0, 0.1) is 6.92 Å². The van der Waals surface area contributed by atoms with Gasteiger partial charge in [0.2, 0.25) is 5.95 Å². The molecule has 3 rings (SSSR count). The average Bonchev–Trinajstić information content (AvgIpc) is 2.74. The van der Waals surface area contributed by atoms with E-state index in [1.54, 1.807) is 16.8 Å². The van der Waals surface area contributed by atoms with Crippen LogP contribution in [0.1, 0.15) is 5.69 Å². The molecular weight excluding hydrogens is 228 g/mol. The van der Waals surface area contributed by atoms with Crippen LogP contribution in [0.5, 0.6) is 0 Å². The summed E-state index contributed by atoms with van der Waals surface area (Å²) in [6.07, 6.45) is 1.79. The maximum absolute atomic E-state index is 5.85. The van der Waals surface area contributed by atoms with Crippen LogP contribution in [0.15, 0.2) is 30.5 Å². The van der Waals surface area contributed by atoms with Gasteiger partial charge in [-0.05, 0) is 31.2 Å². The van der Waals surface area contributed by atoms with E-state index in [1.165, 1.54) is 0 Å². The minimum atomic E-state index is 0.203. The minimum absolute atomic E-state index is 0.203. The van der Waals surface area contributed by atoms with Crippen molar-refractivity contribution in [2.45, 2.75) is 6.92 Å². The summed E-state index contributed by atoms with van der Waals surface area (Å²) in [6, 6.07) is 7.59. The van der Waals surface area contributed by atoms with Gasteiger partial charge in [-0.2, -0.15) is 4.98 Å². The zero-order chi connectivity index (χ0) is 12.7. The van der Waals surface area contributed by atoms with Crippen molar-refractivity contribution in [3.8, 4) is 11.3 Å². The summed E-state index contributed by atoms with van der Waals surface area (Å²) in [5.74, 6) is 0.203. The Morgan fingerprint density at radius 1 is 1.11 bits per heavy atom. The molecule has 0 aromatic carbocycles. The molecule has 6 nitrogen and oxygen atoms in total. The van der Waals surface area contributed by atoms with Crippen LogP contribution in [-0.4, -0.2) is 19.6 Å². The molecule has 0 unspecified atom stereocenters. The summed E-state index contributed by atoms with van der Waals surface area (Å²) in [7, 11) is 0. The van der Waals surface area contributed by atoms with Crippen LogP contribution in [0.4, 0.5) is 11.6 Å². The lowest BCUT2D eigenvalue weighted by molar-refractivity contribution is 0.975. The maximum atomic E-state index is 5.85. The molecule has 6 heteroatoms. The van der Waals surface area contributed by atoms with Gasteiger partial charge in [-0.15, -0.1) is 5.10 Å². The van der Waals surface area contributed by atoms with Crippen LogP contribution < -0.4 is 11.5 Å². The van der Waals surface area contributed by atoms with Gasteiger partial charge in [-0.1, -0.05) is 0 Å². The number of pyridine rings is 2. The molecule has 4 N–H and O–H groups in total. The van der Waals surface area contributed by atoms with E-state index in [2.05, 4.69) is 15.1 Å². The third kappa shape index (κ3) is 1.55. The predicted octanol–water partition coefficient (Wildman–Crippen LogP) is 1.26. The SMILES string of the molecule is Cc1ccc(-c2ccc(N)c3nc(N)nn23)cn1. The molecule has 0 aliphatic heterocycles. The van der Waals surface area contributed by atoms with Gasteiger partial charge in [0.05, 0.1) is 11.4 Å². The Kier molecular flexibility index (Phi) is 2.16. The van der Waals surface area contributed by atoms with Crippen LogP contribution in [-0.2, 0) is 0 Å². The van der Waals surface area contributed by atoms with Gasteiger partial charge >= 0.3 is 0 Å². The molecule has 0 atom stereocenters. The molecule has 0 saturated carbocycles. The molecule has 0 aliphatic rings. The zero-order valence-corrected chi connectivity index (χ0v) is 9.83. The van der Waals surface area contributed by atoms with Crippen molar-refractivity contribution in [2.75, 3.05) is 11.5 Å². The van der Waals surface area contributed by atoms with E-state index in [-0.39, 0.29) is 5.95 Å². The Morgan fingerprint density at radius 3 is 2.67 bits per heavy atom. The average molecular weight is 240 g/mol. The van der Waals surface area contributed by atoms with E-state index < -0.39 is 0 Å². The second kappa shape index (κ2) is 3.69. The van der Waals surface area contributed by atoms with Crippen molar-refractivity contribution < 1.29 is 0 Å². The normalized spacial score (nSPS) is 10.9. The van der Waals surface area contributed by atoms with E-state index >= 15 is 0 Å². The molecule has 0 aliphatic carbocycles. The molecule has 0 saturated heterocycles. The molecule has 0 fully saturated rings. The Labute approximate surface area is 103 Å². The van der Waals surface area contributed by atoms with Gasteiger partial charge in [-0.25, -0.2) is 4.52 Å². The van der Waals surface area contributed by atoms with Crippen molar-refractivity contribution >= 4 is 17.3 Å². The van der Waals surface area contributed by atoms with Crippen molar-refractivity contribution in [2.24, 2.45) is 0 Å². The smallest absolute Gasteiger partial charge is 0.240 e. The summed E-state index contributed by atoms with van der Waals surface area (Å²) >= 11 is 0. The van der Waals surface area contributed by atoms with Crippen molar-refractivity contribution in [3.63, 3.8) is 0 Å². The molecule has 3 aromatic heterocycles. The summed E-state index contributed by atoms with van der Waals surface area (Å²) in [5, 5.41) is 4.15. The minimum Gasteiger partial charge on any atom is -0.396 e. The lowest BCUT2D eigenvalue weighted by Crippen LogP contribution is -1.98. The quantitative estimate of drug-likeness (QED) is 0.667. The number of hydrogen-bond acceptors (Lipinski definition) is 5. The third-order valence-corrected chi connectivity index (χ3v) is 2.74. The van der Waals surface area contributed by atoms with Gasteiger partial charge in [-0.3, -0.25) is 4.98 Å². The number of hydrogen-bond donors (Lipinski definition) is 2. The molecule has 18 heavy (non-hydrogen) atoms.